The summed E-state index contributed by atoms with van der Waals surface area (Å²) >= 11 is 8.00. The second-order valence-electron chi connectivity index (χ2n) is 10.9. The Bertz CT molecular complexity index is 1900. The minimum atomic E-state index is -2.57. The zero-order valence-corrected chi connectivity index (χ0v) is 25.4. The maximum absolute atomic E-state index is 14.9. The molecule has 1 amide bonds. The van der Waals surface area contributed by atoms with Crippen LogP contribution in [0.25, 0.3) is 27.7 Å². The van der Waals surface area contributed by atoms with Crippen LogP contribution in [0.1, 0.15) is 50.7 Å². The molecule has 0 saturated carbocycles. The molecule has 0 saturated heterocycles. The lowest BCUT2D eigenvalue weighted by Gasteiger charge is -2.28. The van der Waals surface area contributed by atoms with Gasteiger partial charge in [-0.2, -0.15) is 0 Å². The van der Waals surface area contributed by atoms with Gasteiger partial charge in [0.15, 0.2) is 0 Å². The first-order chi connectivity index (χ1) is 21.2. The van der Waals surface area contributed by atoms with Gasteiger partial charge in [0.05, 0.1) is 16.9 Å². The molecule has 4 aromatic rings. The van der Waals surface area contributed by atoms with Crippen molar-refractivity contribution in [3.8, 4) is 11.3 Å². The maximum Gasteiger partial charge on any atom is 0.312 e. The number of hydrogen-bond donors (Lipinski definition) is 0. The average molecular weight is 634 g/mol. The first kappa shape index (κ1) is 30.0. The molecule has 1 unspecified atom stereocenters. The van der Waals surface area contributed by atoms with E-state index in [2.05, 4.69) is 23.1 Å². The number of alkyl halides is 2. The van der Waals surface area contributed by atoms with E-state index < -0.39 is 12.3 Å². The highest BCUT2D eigenvalue weighted by Gasteiger charge is 2.31. The highest BCUT2D eigenvalue weighted by atomic mass is 35.5. The van der Waals surface area contributed by atoms with Gasteiger partial charge in [0.1, 0.15) is 5.82 Å². The van der Waals surface area contributed by atoms with E-state index in [0.717, 1.165) is 56.0 Å². The summed E-state index contributed by atoms with van der Waals surface area (Å²) in [7, 11) is 0. The number of carbonyl (C=O) groups is 1. The predicted octanol–water partition coefficient (Wildman–Crippen LogP) is 10.4. The van der Waals surface area contributed by atoms with Crippen LogP contribution in [0.3, 0.4) is 0 Å². The van der Waals surface area contributed by atoms with Crippen molar-refractivity contribution < 1.29 is 18.0 Å². The molecule has 0 bridgehead atoms. The molecular formula is C34H27ClF3N3O2S. The number of fused-ring (bicyclic) bond motifs is 1. The normalized spacial score (nSPS) is 17.0. The number of hydrogen-bond acceptors (Lipinski definition) is 4. The summed E-state index contributed by atoms with van der Waals surface area (Å²) in [5, 5.41) is 3.62. The SMILES string of the molecule is CC1=CCC(C)N1c1c(-c2cccc(C3=C(Cl)C=C(C(=O)N=O)CC3)c2)n(Sc2ccc(C(F)F)cc2)c2ccc(F)cc12. The van der Waals surface area contributed by atoms with Crippen molar-refractivity contribution in [2.45, 2.75) is 50.5 Å². The minimum Gasteiger partial charge on any atom is -0.340 e. The number of allylic oxidation sites excluding steroid dienone is 4. The fourth-order valence-electron chi connectivity index (χ4n) is 5.94. The topological polar surface area (TPSA) is 54.7 Å². The zero-order valence-electron chi connectivity index (χ0n) is 23.9. The van der Waals surface area contributed by atoms with Crippen molar-refractivity contribution in [3.05, 3.63) is 117 Å². The summed E-state index contributed by atoms with van der Waals surface area (Å²) in [6.45, 7) is 4.16. The molecule has 224 valence electrons. The van der Waals surface area contributed by atoms with E-state index in [-0.39, 0.29) is 23.0 Å². The lowest BCUT2D eigenvalue weighted by molar-refractivity contribution is -0.114. The van der Waals surface area contributed by atoms with E-state index in [1.54, 1.807) is 18.2 Å². The fraction of sp³-hybridized carbons (Fsp3) is 0.206. The van der Waals surface area contributed by atoms with Crippen LogP contribution in [0, 0.1) is 10.7 Å². The Morgan fingerprint density at radius 3 is 2.45 bits per heavy atom. The van der Waals surface area contributed by atoms with Gasteiger partial charge >= 0.3 is 5.91 Å². The molecule has 3 aromatic carbocycles. The van der Waals surface area contributed by atoms with Gasteiger partial charge < -0.3 is 4.90 Å². The third-order valence-corrected chi connectivity index (χ3v) is 9.46. The Kier molecular flexibility index (Phi) is 8.26. The Balaban J connectivity index is 1.57. The lowest BCUT2D eigenvalue weighted by Crippen LogP contribution is -2.26. The summed E-state index contributed by atoms with van der Waals surface area (Å²) in [4.78, 5) is 25.6. The zero-order chi connectivity index (χ0) is 31.1. The fourth-order valence-corrected chi connectivity index (χ4v) is 7.28. The number of anilines is 1. The number of nitrogens with zero attached hydrogens (tertiary/aromatic N) is 3. The minimum absolute atomic E-state index is 0.0606. The van der Waals surface area contributed by atoms with Gasteiger partial charge in [-0.05, 0) is 98.7 Å². The Morgan fingerprint density at radius 1 is 1.05 bits per heavy atom. The van der Waals surface area contributed by atoms with Crippen molar-refractivity contribution >= 4 is 51.6 Å². The molecule has 10 heteroatoms. The largest absolute Gasteiger partial charge is 0.340 e. The molecule has 0 N–H and O–H groups in total. The first-order valence-corrected chi connectivity index (χ1v) is 15.3. The average Bonchev–Trinajstić information content (AvgIpc) is 3.51. The van der Waals surface area contributed by atoms with Crippen LogP contribution in [0.15, 0.2) is 105 Å². The van der Waals surface area contributed by atoms with Crippen LogP contribution in [0.5, 0.6) is 0 Å². The summed E-state index contributed by atoms with van der Waals surface area (Å²) < 4.78 is 43.5. The third kappa shape index (κ3) is 5.50. The highest BCUT2D eigenvalue weighted by molar-refractivity contribution is 7.98. The number of amides is 1. The molecule has 1 aromatic heterocycles. The van der Waals surface area contributed by atoms with Crippen LogP contribution in [-0.2, 0) is 4.79 Å². The molecule has 2 aliphatic rings. The van der Waals surface area contributed by atoms with Crippen molar-refractivity contribution in [2.75, 3.05) is 4.90 Å². The molecule has 0 spiro atoms. The van der Waals surface area contributed by atoms with Crippen LogP contribution in [-0.4, -0.2) is 15.9 Å². The third-order valence-electron chi connectivity index (χ3n) is 8.08. The van der Waals surface area contributed by atoms with Gasteiger partial charge in [-0.15, -0.1) is 4.91 Å². The number of nitroso groups, excluding NO2 is 1. The molecule has 0 radical (unpaired) electrons. The summed E-state index contributed by atoms with van der Waals surface area (Å²) in [5.41, 5.74) is 6.22. The number of benzene rings is 3. The van der Waals surface area contributed by atoms with Gasteiger partial charge in [0.25, 0.3) is 6.43 Å². The smallest absolute Gasteiger partial charge is 0.312 e. The summed E-state index contributed by atoms with van der Waals surface area (Å²) in [6, 6.07) is 18.8. The van der Waals surface area contributed by atoms with Gasteiger partial charge in [0.2, 0.25) is 0 Å². The molecule has 1 atom stereocenters. The lowest BCUT2D eigenvalue weighted by atomic mass is 9.91. The van der Waals surface area contributed by atoms with Crippen molar-refractivity contribution in [1.29, 1.82) is 0 Å². The number of carbonyl (C=O) groups excluding carboxylic acids is 1. The Hall–Kier alpha value is -4.08. The molecule has 0 fully saturated rings. The highest BCUT2D eigenvalue weighted by Crippen LogP contribution is 2.48. The van der Waals surface area contributed by atoms with E-state index in [1.165, 1.54) is 42.3 Å². The van der Waals surface area contributed by atoms with Crippen molar-refractivity contribution in [1.82, 2.24) is 3.97 Å². The molecule has 1 aliphatic heterocycles. The predicted molar refractivity (Wildman–Crippen MR) is 171 cm³/mol. The van der Waals surface area contributed by atoms with Crippen molar-refractivity contribution in [3.63, 3.8) is 0 Å². The van der Waals surface area contributed by atoms with E-state index in [9.17, 15) is 22.9 Å². The second kappa shape index (κ2) is 12.1. The molecule has 1 aliphatic carbocycles. The summed E-state index contributed by atoms with van der Waals surface area (Å²) in [6.07, 6.45) is 2.72. The molecule has 6 rings (SSSR count). The maximum atomic E-state index is 14.9. The molecule has 5 nitrogen and oxygen atoms in total. The number of aromatic nitrogens is 1. The van der Waals surface area contributed by atoms with Gasteiger partial charge in [-0.3, -0.25) is 8.77 Å². The van der Waals surface area contributed by atoms with E-state index >= 15 is 0 Å². The van der Waals surface area contributed by atoms with E-state index in [1.807, 2.05) is 35.2 Å². The molecule has 44 heavy (non-hydrogen) atoms. The van der Waals surface area contributed by atoms with Crippen LogP contribution in [0.2, 0.25) is 0 Å². The molecule has 2 heterocycles. The Morgan fingerprint density at radius 2 is 1.80 bits per heavy atom. The quantitative estimate of drug-likeness (QED) is 0.190. The number of halogens is 4. The van der Waals surface area contributed by atoms with Crippen LogP contribution in [0.4, 0.5) is 18.9 Å². The van der Waals surface area contributed by atoms with E-state index in [0.29, 0.717) is 17.9 Å². The second-order valence-corrected chi connectivity index (χ2v) is 12.3. The van der Waals surface area contributed by atoms with E-state index in [4.69, 9.17) is 11.6 Å². The van der Waals surface area contributed by atoms with Gasteiger partial charge in [-0.1, -0.05) is 48.0 Å². The Labute approximate surface area is 261 Å². The monoisotopic (exact) mass is 633 g/mol. The van der Waals surface area contributed by atoms with Crippen LogP contribution < -0.4 is 4.90 Å². The number of rotatable bonds is 7. The molecular weight excluding hydrogens is 607 g/mol. The summed E-state index contributed by atoms with van der Waals surface area (Å²) in [5.74, 6) is -1.18. The standard InChI is InChI=1S/C34H27ClF3N3O2S/c1-19-6-7-20(2)40(19)32-28-18-25(36)11-15-30(28)41(44-26-12-8-21(9-13-26)33(37)38)31(32)23-5-3-4-22(16-23)27-14-10-24(17-29(27)35)34(42)39-43/h3-6,8-9,11-13,15-18,20,33H,7,10,14H2,1-2H3. The van der Waals surface area contributed by atoms with Crippen molar-refractivity contribution in [2.24, 2.45) is 5.18 Å². The first-order valence-electron chi connectivity index (χ1n) is 14.1. The van der Waals surface area contributed by atoms with Gasteiger partial charge in [0, 0.05) is 48.9 Å². The van der Waals surface area contributed by atoms with Crippen LogP contribution >= 0.6 is 23.5 Å². The van der Waals surface area contributed by atoms with Gasteiger partial charge in [-0.25, -0.2) is 13.2 Å².